The van der Waals surface area contributed by atoms with Gasteiger partial charge in [0.2, 0.25) is 0 Å². The minimum atomic E-state index is -3.10. The second kappa shape index (κ2) is 5.75. The first kappa shape index (κ1) is 13.6. The van der Waals surface area contributed by atoms with Crippen molar-refractivity contribution in [3.05, 3.63) is 28.5 Å². The maximum absolute atomic E-state index is 11.8. The van der Waals surface area contributed by atoms with Gasteiger partial charge in [-0.25, -0.2) is 8.42 Å². The number of pyridine rings is 1. The normalized spacial score (nSPS) is 13.7. The molecule has 1 aromatic rings. The van der Waals surface area contributed by atoms with Crippen LogP contribution in [0.2, 0.25) is 0 Å². The van der Waals surface area contributed by atoms with Gasteiger partial charge in [-0.3, -0.25) is 4.98 Å². The third-order valence-corrected chi connectivity index (χ3v) is 4.37. The molecule has 0 spiro atoms. The lowest BCUT2D eigenvalue weighted by molar-refractivity contribution is 0.573. The average Bonchev–Trinajstić information content (AvgIpc) is 2.15. The molecule has 0 aliphatic heterocycles. The van der Waals surface area contributed by atoms with Crippen molar-refractivity contribution in [2.45, 2.75) is 12.7 Å². The first-order chi connectivity index (χ1) is 7.43. The van der Waals surface area contributed by atoms with E-state index in [4.69, 9.17) is 5.73 Å². The van der Waals surface area contributed by atoms with Crippen LogP contribution in [0, 0.1) is 5.92 Å². The predicted molar refractivity (Wildman–Crippen MR) is 67.6 cm³/mol. The summed E-state index contributed by atoms with van der Waals surface area (Å²) in [4.78, 5) is 3.93. The van der Waals surface area contributed by atoms with Crippen molar-refractivity contribution in [3.63, 3.8) is 0 Å². The van der Waals surface area contributed by atoms with Crippen molar-refractivity contribution < 1.29 is 8.42 Å². The fourth-order valence-electron chi connectivity index (χ4n) is 1.35. The zero-order chi connectivity index (χ0) is 12.2. The maximum Gasteiger partial charge on any atom is 0.154 e. The molecule has 0 fully saturated rings. The number of hydrogen-bond acceptors (Lipinski definition) is 4. The highest BCUT2D eigenvalue weighted by Gasteiger charge is 2.16. The smallest absolute Gasteiger partial charge is 0.154 e. The standard InChI is InChI=1S/C10H15BrN2O2S/c1-8(3-12)6-16(14,15)7-9-2-10(11)5-13-4-9/h2,4-5,8H,3,6-7,12H2,1H3. The summed E-state index contributed by atoms with van der Waals surface area (Å²) in [5.74, 6) is 0.130. The van der Waals surface area contributed by atoms with Crippen LogP contribution in [0.3, 0.4) is 0 Å². The molecule has 0 saturated heterocycles. The summed E-state index contributed by atoms with van der Waals surface area (Å²) >= 11 is 3.26. The molecule has 4 nitrogen and oxygen atoms in total. The second-order valence-electron chi connectivity index (χ2n) is 3.91. The molecule has 0 amide bonds. The van der Waals surface area contributed by atoms with Crippen LogP contribution < -0.4 is 5.73 Å². The van der Waals surface area contributed by atoms with Crippen molar-refractivity contribution in [1.82, 2.24) is 4.98 Å². The summed E-state index contributed by atoms with van der Waals surface area (Å²) in [5, 5.41) is 0. The fraction of sp³-hybridized carbons (Fsp3) is 0.500. The van der Waals surface area contributed by atoms with Crippen LogP contribution in [0.1, 0.15) is 12.5 Å². The van der Waals surface area contributed by atoms with Crippen LogP contribution in [0.4, 0.5) is 0 Å². The minimum absolute atomic E-state index is 0.00916. The Kier molecular flexibility index (Phi) is 4.89. The Morgan fingerprint density at radius 2 is 2.19 bits per heavy atom. The van der Waals surface area contributed by atoms with Crippen LogP contribution >= 0.6 is 15.9 Å². The largest absolute Gasteiger partial charge is 0.330 e. The number of sulfone groups is 1. The van der Waals surface area contributed by atoms with Crippen molar-refractivity contribution in [3.8, 4) is 0 Å². The molecule has 1 unspecified atom stereocenters. The lowest BCUT2D eigenvalue weighted by Crippen LogP contribution is -2.22. The topological polar surface area (TPSA) is 73.1 Å². The molecule has 1 aromatic heterocycles. The van der Waals surface area contributed by atoms with Gasteiger partial charge in [-0.1, -0.05) is 6.92 Å². The summed E-state index contributed by atoms with van der Waals surface area (Å²) in [7, 11) is -3.10. The third kappa shape index (κ3) is 4.59. The highest BCUT2D eigenvalue weighted by Crippen LogP contribution is 2.13. The van der Waals surface area contributed by atoms with E-state index in [1.165, 1.54) is 0 Å². The Hall–Kier alpha value is -0.460. The van der Waals surface area contributed by atoms with Gasteiger partial charge in [0, 0.05) is 16.9 Å². The van der Waals surface area contributed by atoms with E-state index in [-0.39, 0.29) is 17.4 Å². The fourth-order valence-corrected chi connectivity index (χ4v) is 3.55. The zero-order valence-electron chi connectivity index (χ0n) is 9.06. The summed E-state index contributed by atoms with van der Waals surface area (Å²) in [5.41, 5.74) is 6.11. The number of hydrogen-bond donors (Lipinski definition) is 1. The highest BCUT2D eigenvalue weighted by molar-refractivity contribution is 9.10. The van der Waals surface area contributed by atoms with Crippen molar-refractivity contribution in [2.24, 2.45) is 11.7 Å². The van der Waals surface area contributed by atoms with E-state index in [9.17, 15) is 8.42 Å². The van der Waals surface area contributed by atoms with Crippen molar-refractivity contribution >= 4 is 25.8 Å². The molecule has 1 rings (SSSR count). The third-order valence-electron chi connectivity index (χ3n) is 2.09. The van der Waals surface area contributed by atoms with Gasteiger partial charge in [0.05, 0.1) is 11.5 Å². The Bertz CT molecular complexity index is 448. The van der Waals surface area contributed by atoms with Crippen LogP contribution in [-0.2, 0) is 15.6 Å². The molecule has 0 saturated carbocycles. The van der Waals surface area contributed by atoms with E-state index in [1.807, 2.05) is 6.92 Å². The summed E-state index contributed by atoms with van der Waals surface area (Å²) in [6.45, 7) is 2.21. The van der Waals surface area contributed by atoms with E-state index >= 15 is 0 Å². The van der Waals surface area contributed by atoms with E-state index in [0.717, 1.165) is 4.47 Å². The molecule has 1 heterocycles. The Morgan fingerprint density at radius 1 is 1.50 bits per heavy atom. The predicted octanol–water partition coefficient (Wildman–Crippen LogP) is 1.35. The SMILES string of the molecule is CC(CN)CS(=O)(=O)Cc1cncc(Br)c1. The Labute approximate surface area is 104 Å². The number of rotatable bonds is 5. The maximum atomic E-state index is 11.8. The summed E-state index contributed by atoms with van der Waals surface area (Å²) < 4.78 is 24.3. The Morgan fingerprint density at radius 3 is 2.75 bits per heavy atom. The number of halogens is 1. The minimum Gasteiger partial charge on any atom is -0.330 e. The number of nitrogens with zero attached hydrogens (tertiary/aromatic N) is 1. The van der Waals surface area contributed by atoms with Gasteiger partial charge in [0.1, 0.15) is 0 Å². The molecule has 16 heavy (non-hydrogen) atoms. The lowest BCUT2D eigenvalue weighted by Gasteiger charge is -2.09. The van der Waals surface area contributed by atoms with Gasteiger partial charge in [0.25, 0.3) is 0 Å². The first-order valence-corrected chi connectivity index (χ1v) is 7.54. The summed E-state index contributed by atoms with van der Waals surface area (Å²) in [6, 6.07) is 1.76. The quantitative estimate of drug-likeness (QED) is 0.891. The van der Waals surface area contributed by atoms with Gasteiger partial charge < -0.3 is 5.73 Å². The molecular formula is C10H15BrN2O2S. The van der Waals surface area contributed by atoms with Gasteiger partial charge >= 0.3 is 0 Å². The van der Waals surface area contributed by atoms with Gasteiger partial charge in [0.15, 0.2) is 9.84 Å². The molecule has 90 valence electrons. The van der Waals surface area contributed by atoms with Gasteiger partial charge in [-0.2, -0.15) is 0 Å². The number of nitrogens with two attached hydrogens (primary N) is 1. The lowest BCUT2D eigenvalue weighted by atomic mass is 10.2. The molecule has 0 aromatic carbocycles. The average molecular weight is 307 g/mol. The monoisotopic (exact) mass is 306 g/mol. The van der Waals surface area contributed by atoms with Crippen LogP contribution in [-0.4, -0.2) is 25.7 Å². The highest BCUT2D eigenvalue weighted by atomic mass is 79.9. The van der Waals surface area contributed by atoms with E-state index in [2.05, 4.69) is 20.9 Å². The Balaban J connectivity index is 2.73. The van der Waals surface area contributed by atoms with Crippen LogP contribution in [0.15, 0.2) is 22.9 Å². The molecule has 1 atom stereocenters. The van der Waals surface area contributed by atoms with E-state index < -0.39 is 9.84 Å². The second-order valence-corrected chi connectivity index (χ2v) is 6.93. The first-order valence-electron chi connectivity index (χ1n) is 4.93. The molecule has 0 aliphatic rings. The summed E-state index contributed by atoms with van der Waals surface area (Å²) in [6.07, 6.45) is 3.19. The van der Waals surface area contributed by atoms with Crippen molar-refractivity contribution in [2.75, 3.05) is 12.3 Å². The van der Waals surface area contributed by atoms with Gasteiger partial charge in [-0.05, 0) is 40.0 Å². The van der Waals surface area contributed by atoms with Crippen LogP contribution in [0.5, 0.6) is 0 Å². The molecular weight excluding hydrogens is 292 g/mol. The van der Waals surface area contributed by atoms with E-state index in [0.29, 0.717) is 12.1 Å². The van der Waals surface area contributed by atoms with E-state index in [1.54, 1.807) is 18.5 Å². The van der Waals surface area contributed by atoms with Crippen LogP contribution in [0.25, 0.3) is 0 Å². The molecule has 0 radical (unpaired) electrons. The van der Waals surface area contributed by atoms with Gasteiger partial charge in [-0.15, -0.1) is 0 Å². The molecule has 2 N–H and O–H groups in total. The number of aromatic nitrogens is 1. The molecule has 6 heteroatoms. The molecule has 0 bridgehead atoms. The zero-order valence-corrected chi connectivity index (χ0v) is 11.5. The molecule has 0 aliphatic carbocycles. The van der Waals surface area contributed by atoms with Crippen molar-refractivity contribution in [1.29, 1.82) is 0 Å².